The average Bonchev–Trinajstić information content (AvgIpc) is 3.20. The first-order valence-electron chi connectivity index (χ1n) is 10.6. The Morgan fingerprint density at radius 1 is 1.07 bits per heavy atom. The minimum atomic E-state index is -0.596. The van der Waals surface area contributed by atoms with Crippen LogP contribution in [-0.2, 0) is 9.59 Å². The molecule has 1 heterocycles. The van der Waals surface area contributed by atoms with Crippen LogP contribution in [-0.4, -0.2) is 28.1 Å². The lowest BCUT2D eigenvalue weighted by Crippen LogP contribution is -2.47. The Kier molecular flexibility index (Phi) is 10.2. The van der Waals surface area contributed by atoms with E-state index in [2.05, 4.69) is 27.8 Å². The number of benzene rings is 1. The van der Waals surface area contributed by atoms with Gasteiger partial charge in [0.15, 0.2) is 0 Å². The number of amides is 2. The summed E-state index contributed by atoms with van der Waals surface area (Å²) in [6.07, 6.45) is 6.63. The van der Waals surface area contributed by atoms with Crippen molar-refractivity contribution >= 4 is 39.9 Å². The molecule has 2 unspecified atom stereocenters. The second kappa shape index (κ2) is 12.6. The molecule has 0 bridgehead atoms. The second-order valence-electron chi connectivity index (χ2n) is 7.50. The van der Waals surface area contributed by atoms with Crippen molar-refractivity contribution in [2.75, 3.05) is 5.32 Å². The third-order valence-electron chi connectivity index (χ3n) is 5.07. The first-order chi connectivity index (χ1) is 14.4. The Morgan fingerprint density at radius 2 is 1.77 bits per heavy atom. The molecule has 0 saturated heterocycles. The van der Waals surface area contributed by atoms with Gasteiger partial charge in [-0.15, -0.1) is 10.2 Å². The molecule has 0 aliphatic rings. The van der Waals surface area contributed by atoms with E-state index >= 15 is 0 Å². The van der Waals surface area contributed by atoms with Gasteiger partial charge in [0.2, 0.25) is 16.9 Å². The molecule has 0 spiro atoms. The summed E-state index contributed by atoms with van der Waals surface area (Å²) >= 11 is 7.21. The summed E-state index contributed by atoms with van der Waals surface area (Å²) in [5, 5.41) is 15.7. The fourth-order valence-electron chi connectivity index (χ4n) is 3.00. The van der Waals surface area contributed by atoms with Crippen LogP contribution in [0.5, 0.6) is 0 Å². The molecule has 0 aliphatic carbocycles. The summed E-state index contributed by atoms with van der Waals surface area (Å²) in [7, 11) is 0. The minimum absolute atomic E-state index is 0.0118. The van der Waals surface area contributed by atoms with Crippen molar-refractivity contribution < 1.29 is 9.59 Å². The largest absolute Gasteiger partial charge is 0.344 e. The highest BCUT2D eigenvalue weighted by atomic mass is 35.5. The number of rotatable bonds is 12. The van der Waals surface area contributed by atoms with E-state index in [1.54, 1.807) is 12.1 Å². The standard InChI is InChI=1S/C22H31ClN4O2S/c1-4-6-7-8-9-10-18(28)24-19(15(3)5-2)20(29)25-22-27-26-21(30-22)16-11-13-17(23)14-12-16/h11-15,19H,4-10H2,1-3H3,(H,24,28)(H,25,27,29). The number of carbonyl (C=O) groups is 2. The van der Waals surface area contributed by atoms with Crippen molar-refractivity contribution in [3.63, 3.8) is 0 Å². The lowest BCUT2D eigenvalue weighted by molar-refractivity contribution is -0.127. The summed E-state index contributed by atoms with van der Waals surface area (Å²) in [6, 6.07) is 6.69. The molecule has 2 aromatic rings. The van der Waals surface area contributed by atoms with Crippen LogP contribution in [0, 0.1) is 5.92 Å². The summed E-state index contributed by atoms with van der Waals surface area (Å²) < 4.78 is 0. The number of hydrogen-bond donors (Lipinski definition) is 2. The number of carbonyl (C=O) groups excluding carboxylic acids is 2. The number of unbranched alkanes of at least 4 members (excludes halogenated alkanes) is 4. The van der Waals surface area contributed by atoms with E-state index in [0.29, 0.717) is 21.6 Å². The molecule has 2 rings (SSSR count). The van der Waals surface area contributed by atoms with Gasteiger partial charge in [-0.3, -0.25) is 14.9 Å². The Morgan fingerprint density at radius 3 is 2.43 bits per heavy atom. The molecule has 0 fully saturated rings. The quantitative estimate of drug-likeness (QED) is 0.407. The zero-order chi connectivity index (χ0) is 21.9. The molecular formula is C22H31ClN4O2S. The van der Waals surface area contributed by atoms with E-state index in [4.69, 9.17) is 11.6 Å². The molecule has 6 nitrogen and oxygen atoms in total. The number of nitrogens with one attached hydrogen (secondary N) is 2. The van der Waals surface area contributed by atoms with Crippen LogP contribution in [0.4, 0.5) is 5.13 Å². The van der Waals surface area contributed by atoms with Gasteiger partial charge in [-0.2, -0.15) is 0 Å². The lowest BCUT2D eigenvalue weighted by atomic mass is 9.98. The fourth-order valence-corrected chi connectivity index (χ4v) is 3.88. The second-order valence-corrected chi connectivity index (χ2v) is 8.92. The monoisotopic (exact) mass is 450 g/mol. The van der Waals surface area contributed by atoms with Gasteiger partial charge in [0.1, 0.15) is 11.0 Å². The maximum atomic E-state index is 12.8. The predicted octanol–water partition coefficient (Wildman–Crippen LogP) is 5.69. The predicted molar refractivity (Wildman–Crippen MR) is 124 cm³/mol. The maximum absolute atomic E-state index is 12.8. The molecule has 0 radical (unpaired) electrons. The average molecular weight is 451 g/mol. The van der Waals surface area contributed by atoms with Crippen LogP contribution in [0.25, 0.3) is 10.6 Å². The normalized spacial score (nSPS) is 12.9. The number of aromatic nitrogens is 2. The SMILES string of the molecule is CCCCCCCC(=O)NC(C(=O)Nc1nnc(-c2ccc(Cl)cc2)s1)C(C)CC. The van der Waals surface area contributed by atoms with E-state index in [0.717, 1.165) is 31.2 Å². The zero-order valence-electron chi connectivity index (χ0n) is 17.9. The highest BCUT2D eigenvalue weighted by molar-refractivity contribution is 7.18. The Hall–Kier alpha value is -1.99. The lowest BCUT2D eigenvalue weighted by Gasteiger charge is -2.23. The third-order valence-corrected chi connectivity index (χ3v) is 6.21. The Labute approximate surface area is 187 Å². The van der Waals surface area contributed by atoms with E-state index in [-0.39, 0.29) is 17.7 Å². The molecule has 1 aromatic carbocycles. The number of nitrogens with zero attached hydrogens (tertiary/aromatic N) is 2. The zero-order valence-corrected chi connectivity index (χ0v) is 19.5. The highest BCUT2D eigenvalue weighted by Crippen LogP contribution is 2.27. The molecule has 2 amide bonds. The van der Waals surface area contributed by atoms with Gasteiger partial charge < -0.3 is 5.32 Å². The Balaban J connectivity index is 1.95. The molecule has 0 saturated carbocycles. The summed E-state index contributed by atoms with van der Waals surface area (Å²) in [5.41, 5.74) is 0.882. The number of hydrogen-bond acceptors (Lipinski definition) is 5. The van der Waals surface area contributed by atoms with E-state index in [9.17, 15) is 9.59 Å². The van der Waals surface area contributed by atoms with Crippen LogP contribution in [0.2, 0.25) is 5.02 Å². The molecule has 2 N–H and O–H groups in total. The number of halogens is 1. The number of anilines is 1. The summed E-state index contributed by atoms with van der Waals surface area (Å²) in [6.45, 7) is 6.13. The molecule has 8 heteroatoms. The van der Waals surface area contributed by atoms with Gasteiger partial charge in [-0.1, -0.05) is 87.9 Å². The fraction of sp³-hybridized carbons (Fsp3) is 0.545. The Bertz CT molecular complexity index is 810. The molecular weight excluding hydrogens is 420 g/mol. The molecule has 1 aromatic heterocycles. The first kappa shape index (κ1) is 24.3. The third kappa shape index (κ3) is 7.69. The minimum Gasteiger partial charge on any atom is -0.344 e. The van der Waals surface area contributed by atoms with Crippen LogP contribution in [0.3, 0.4) is 0 Å². The highest BCUT2D eigenvalue weighted by Gasteiger charge is 2.26. The van der Waals surface area contributed by atoms with Crippen molar-refractivity contribution in [3.8, 4) is 10.6 Å². The van der Waals surface area contributed by atoms with Crippen LogP contribution in [0.1, 0.15) is 65.7 Å². The molecule has 2 atom stereocenters. The van der Waals surface area contributed by atoms with Crippen LogP contribution < -0.4 is 10.6 Å². The van der Waals surface area contributed by atoms with Gasteiger partial charge in [0.25, 0.3) is 0 Å². The summed E-state index contributed by atoms with van der Waals surface area (Å²) in [4.78, 5) is 25.2. The first-order valence-corrected chi connectivity index (χ1v) is 11.8. The van der Waals surface area contributed by atoms with Crippen molar-refractivity contribution in [1.82, 2.24) is 15.5 Å². The topological polar surface area (TPSA) is 84.0 Å². The van der Waals surface area contributed by atoms with Crippen molar-refractivity contribution in [2.24, 2.45) is 5.92 Å². The summed E-state index contributed by atoms with van der Waals surface area (Å²) in [5.74, 6) is -0.328. The van der Waals surface area contributed by atoms with Gasteiger partial charge in [-0.05, 0) is 24.5 Å². The van der Waals surface area contributed by atoms with Gasteiger partial charge in [0, 0.05) is 17.0 Å². The molecule has 164 valence electrons. The van der Waals surface area contributed by atoms with E-state index in [1.165, 1.54) is 24.2 Å². The van der Waals surface area contributed by atoms with Crippen molar-refractivity contribution in [3.05, 3.63) is 29.3 Å². The smallest absolute Gasteiger partial charge is 0.249 e. The van der Waals surface area contributed by atoms with Crippen molar-refractivity contribution in [2.45, 2.75) is 71.8 Å². The van der Waals surface area contributed by atoms with E-state index < -0.39 is 6.04 Å². The van der Waals surface area contributed by atoms with Crippen LogP contribution >= 0.6 is 22.9 Å². The van der Waals surface area contributed by atoms with Gasteiger partial charge in [0.05, 0.1) is 0 Å². The van der Waals surface area contributed by atoms with Gasteiger partial charge in [-0.25, -0.2) is 0 Å². The van der Waals surface area contributed by atoms with Gasteiger partial charge >= 0.3 is 0 Å². The molecule has 30 heavy (non-hydrogen) atoms. The maximum Gasteiger partial charge on any atom is 0.249 e. The van der Waals surface area contributed by atoms with Crippen molar-refractivity contribution in [1.29, 1.82) is 0 Å². The van der Waals surface area contributed by atoms with E-state index in [1.807, 2.05) is 26.0 Å². The molecule has 0 aliphatic heterocycles. The van der Waals surface area contributed by atoms with Crippen LogP contribution in [0.15, 0.2) is 24.3 Å².